The number of para-hydroxylation sites is 1. The maximum absolute atomic E-state index is 16.3. The van der Waals surface area contributed by atoms with Gasteiger partial charge in [-0.15, -0.1) is 0 Å². The highest BCUT2D eigenvalue weighted by atomic mass is 31.2. The highest BCUT2D eigenvalue weighted by Crippen LogP contribution is 2.64. The number of nitrogens with zero attached hydrogens (tertiary/aromatic N) is 2. The lowest BCUT2D eigenvalue weighted by atomic mass is 9.33. The molecule has 1 unspecified atom stereocenters. The maximum Gasteiger partial charge on any atom is 0.252 e. The van der Waals surface area contributed by atoms with E-state index >= 15 is 4.57 Å². The van der Waals surface area contributed by atoms with Gasteiger partial charge in [0, 0.05) is 50.0 Å². The van der Waals surface area contributed by atoms with Crippen molar-refractivity contribution in [3.63, 3.8) is 0 Å². The molecule has 0 saturated carbocycles. The van der Waals surface area contributed by atoms with Gasteiger partial charge in [0.1, 0.15) is 0 Å². The fourth-order valence-electron chi connectivity index (χ4n) is 12.6. The van der Waals surface area contributed by atoms with Gasteiger partial charge in [0.15, 0.2) is 7.14 Å². The number of hydrogen-bond acceptors (Lipinski definition) is 3. The van der Waals surface area contributed by atoms with Gasteiger partial charge >= 0.3 is 0 Å². The topological polar surface area (TPSA) is 23.6 Å². The Morgan fingerprint density at radius 1 is 0.362 bits per heavy atom. The normalized spacial score (nSPS) is 15.5. The third kappa shape index (κ3) is 5.50. The van der Waals surface area contributed by atoms with E-state index in [0.717, 1.165) is 27.3 Å². The Bertz CT molecular complexity index is 3770. The zero-order valence-electron chi connectivity index (χ0n) is 38.7. The molecular weight excluding hydrogens is 855 g/mol. The minimum atomic E-state index is -3.33. The molecule has 2 aliphatic carbocycles. The van der Waals surface area contributed by atoms with Crippen LogP contribution in [0.2, 0.25) is 0 Å². The molecule has 10 aromatic carbocycles. The Morgan fingerprint density at radius 3 is 1.52 bits per heavy atom. The van der Waals surface area contributed by atoms with Crippen LogP contribution in [0.15, 0.2) is 224 Å². The lowest BCUT2D eigenvalue weighted by Gasteiger charge is -2.45. The molecule has 0 N–H and O–H groups in total. The van der Waals surface area contributed by atoms with Gasteiger partial charge in [-0.05, 0) is 142 Å². The van der Waals surface area contributed by atoms with E-state index in [9.17, 15) is 0 Å². The first-order valence-electron chi connectivity index (χ1n) is 24.1. The molecule has 4 aliphatic rings. The van der Waals surface area contributed by atoms with Crippen LogP contribution in [0.4, 0.5) is 34.1 Å². The van der Waals surface area contributed by atoms with Gasteiger partial charge < -0.3 is 14.4 Å². The molecule has 69 heavy (non-hydrogen) atoms. The average Bonchev–Trinajstić information content (AvgIpc) is 3.85. The number of fused-ring (bicyclic) bond motifs is 14. The van der Waals surface area contributed by atoms with Crippen LogP contribution in [0.5, 0.6) is 0 Å². The van der Waals surface area contributed by atoms with Crippen LogP contribution < -0.4 is 42.1 Å². The predicted octanol–water partition coefficient (Wildman–Crippen LogP) is 12.7. The van der Waals surface area contributed by atoms with E-state index in [0.29, 0.717) is 0 Å². The van der Waals surface area contributed by atoms with Crippen LogP contribution in [0, 0.1) is 20.8 Å². The molecule has 0 aromatic heterocycles. The highest BCUT2D eigenvalue weighted by Gasteiger charge is 2.54. The highest BCUT2D eigenvalue weighted by molar-refractivity contribution is 7.85. The fourth-order valence-corrected chi connectivity index (χ4v) is 15.3. The van der Waals surface area contributed by atoms with Gasteiger partial charge in [-0.3, -0.25) is 0 Å². The second-order valence-corrected chi connectivity index (χ2v) is 22.1. The molecule has 14 rings (SSSR count). The Labute approximate surface area is 404 Å². The van der Waals surface area contributed by atoms with Crippen LogP contribution in [0.1, 0.15) is 38.9 Å². The van der Waals surface area contributed by atoms with Crippen molar-refractivity contribution in [2.24, 2.45) is 0 Å². The molecule has 1 atom stereocenters. The number of hydrogen-bond donors (Lipinski definition) is 0. The summed E-state index contributed by atoms with van der Waals surface area (Å²) in [5.41, 5.74) is 23.8. The molecule has 0 saturated heterocycles. The SMILES string of the molecule is Cc1ccc(N2c3ccc(C)cc3B3c4cc5c(cc4N(c4ccccc4)c4cc(C)cc2c43)C2(c3ccccc3-c3ccc(P(=O)(c4ccccc4)c4ccccc4)cc32)c2ccccc2-5)cc1. The largest absolute Gasteiger partial charge is 0.311 e. The first-order valence-corrected chi connectivity index (χ1v) is 25.8. The van der Waals surface area contributed by atoms with Crippen LogP contribution in [0.25, 0.3) is 22.3 Å². The Balaban J connectivity index is 1.09. The van der Waals surface area contributed by atoms with Crippen molar-refractivity contribution < 1.29 is 4.57 Å². The van der Waals surface area contributed by atoms with Gasteiger partial charge in [-0.1, -0.05) is 181 Å². The standard InChI is InChI=1S/C64H46BN2OP/c1-41-27-30-45(31-28-41)66-59-34-29-42(2)35-57(59)65-58-39-52-50-24-14-16-26-54(50)64(56(52)40-60(58)67(44-17-7-4-8-18-44)62-37-43(3)36-61(66)63(62)65)53-25-15-13-23-49(53)51-33-32-48(38-55(51)64)69(68,46-19-9-5-10-20-46)47-21-11-6-12-22-47/h4-40H,1-3H3. The van der Waals surface area contributed by atoms with Crippen LogP contribution in [0.3, 0.4) is 0 Å². The van der Waals surface area contributed by atoms with Crippen molar-refractivity contribution in [1.29, 1.82) is 0 Å². The Kier molecular flexibility index (Phi) is 8.62. The molecule has 0 radical (unpaired) electrons. The van der Waals surface area contributed by atoms with Gasteiger partial charge in [-0.25, -0.2) is 0 Å². The van der Waals surface area contributed by atoms with Crippen molar-refractivity contribution in [2.45, 2.75) is 26.2 Å². The van der Waals surface area contributed by atoms with E-state index in [1.54, 1.807) is 0 Å². The summed E-state index contributed by atoms with van der Waals surface area (Å²) >= 11 is 0. The zero-order chi connectivity index (χ0) is 46.2. The summed E-state index contributed by atoms with van der Waals surface area (Å²) in [6.45, 7) is 6.59. The monoisotopic (exact) mass is 900 g/mol. The molecule has 0 bridgehead atoms. The van der Waals surface area contributed by atoms with E-state index < -0.39 is 12.6 Å². The fraction of sp³-hybridized carbons (Fsp3) is 0.0625. The predicted molar refractivity (Wildman–Crippen MR) is 290 cm³/mol. The van der Waals surface area contributed by atoms with Crippen molar-refractivity contribution >= 4 is 80.3 Å². The molecule has 5 heteroatoms. The van der Waals surface area contributed by atoms with Crippen molar-refractivity contribution in [2.75, 3.05) is 9.80 Å². The van der Waals surface area contributed by atoms with E-state index in [2.05, 4.69) is 194 Å². The van der Waals surface area contributed by atoms with E-state index in [1.807, 2.05) is 60.7 Å². The van der Waals surface area contributed by atoms with Crippen LogP contribution >= 0.6 is 7.14 Å². The minimum absolute atomic E-state index is 0.0337. The molecule has 1 spiro atoms. The lowest BCUT2D eigenvalue weighted by Crippen LogP contribution is -2.61. The molecular formula is C64H46BN2OP. The second kappa shape index (κ2) is 14.8. The zero-order valence-corrected chi connectivity index (χ0v) is 39.6. The number of rotatable bonds is 5. The molecule has 0 amide bonds. The average molecular weight is 901 g/mol. The number of benzene rings is 10. The summed E-state index contributed by atoms with van der Waals surface area (Å²) in [5, 5.41) is 2.50. The second-order valence-electron chi connectivity index (χ2n) is 19.4. The van der Waals surface area contributed by atoms with Gasteiger partial charge in [0.05, 0.1) is 5.41 Å². The van der Waals surface area contributed by atoms with E-state index in [4.69, 9.17) is 0 Å². The molecule has 10 aromatic rings. The molecule has 2 aliphatic heterocycles. The third-order valence-electron chi connectivity index (χ3n) is 15.5. The summed E-state index contributed by atoms with van der Waals surface area (Å²) < 4.78 is 16.3. The smallest absolute Gasteiger partial charge is 0.252 e. The van der Waals surface area contributed by atoms with Crippen molar-refractivity contribution in [1.82, 2.24) is 0 Å². The Morgan fingerprint density at radius 2 is 0.870 bits per heavy atom. The first kappa shape index (κ1) is 40.2. The minimum Gasteiger partial charge on any atom is -0.311 e. The summed E-state index contributed by atoms with van der Waals surface area (Å²) in [4.78, 5) is 5.04. The van der Waals surface area contributed by atoms with Crippen molar-refractivity contribution in [3.8, 4) is 22.3 Å². The molecule has 2 heterocycles. The van der Waals surface area contributed by atoms with Gasteiger partial charge in [0.2, 0.25) is 0 Å². The number of anilines is 6. The van der Waals surface area contributed by atoms with Gasteiger partial charge in [0.25, 0.3) is 6.71 Å². The van der Waals surface area contributed by atoms with Crippen LogP contribution in [-0.4, -0.2) is 6.71 Å². The maximum atomic E-state index is 16.3. The van der Waals surface area contributed by atoms with E-state index in [1.165, 1.54) is 100 Å². The summed E-state index contributed by atoms with van der Waals surface area (Å²) in [7, 11) is -3.33. The lowest BCUT2D eigenvalue weighted by molar-refractivity contribution is 0.592. The molecule has 0 fully saturated rings. The summed E-state index contributed by atoms with van der Waals surface area (Å²) in [6, 6.07) is 81.9. The molecule has 326 valence electrons. The molecule has 3 nitrogen and oxygen atoms in total. The quantitative estimate of drug-likeness (QED) is 0.127. The van der Waals surface area contributed by atoms with Crippen molar-refractivity contribution in [3.05, 3.63) is 263 Å². The summed E-state index contributed by atoms with van der Waals surface area (Å²) in [5.74, 6) is 0. The summed E-state index contributed by atoms with van der Waals surface area (Å²) in [6.07, 6.45) is 0. The van der Waals surface area contributed by atoms with E-state index in [-0.39, 0.29) is 6.71 Å². The first-order chi connectivity index (χ1) is 33.8. The van der Waals surface area contributed by atoms with Gasteiger partial charge in [-0.2, -0.15) is 0 Å². The van der Waals surface area contributed by atoms with Crippen LogP contribution in [-0.2, 0) is 9.98 Å². The Hall–Kier alpha value is -7.91. The third-order valence-corrected chi connectivity index (χ3v) is 18.5. The number of aryl methyl sites for hydroxylation is 3.